The van der Waals surface area contributed by atoms with Gasteiger partial charge in [0.05, 0.1) is 18.7 Å². The molecule has 2 aromatic rings. The van der Waals surface area contributed by atoms with Crippen LogP contribution < -0.4 is 10.1 Å². The van der Waals surface area contributed by atoms with Crippen LogP contribution in [0.5, 0.6) is 5.88 Å². The second kappa shape index (κ2) is 6.09. The van der Waals surface area contributed by atoms with Crippen LogP contribution in [0, 0.1) is 0 Å². The normalized spacial score (nSPS) is 13.0. The molecular weight excluding hydrogens is 283 g/mol. The van der Waals surface area contributed by atoms with Crippen LogP contribution in [0.25, 0.3) is 0 Å². The van der Waals surface area contributed by atoms with Gasteiger partial charge >= 0.3 is 6.18 Å². The number of ether oxygens (including phenoxy) is 1. The lowest BCUT2D eigenvalue weighted by molar-refractivity contribution is -0.137. The van der Waals surface area contributed by atoms with Crippen LogP contribution in [0.2, 0.25) is 0 Å². The molecule has 0 saturated heterocycles. The third-order valence-corrected chi connectivity index (χ3v) is 2.99. The van der Waals surface area contributed by atoms with Crippen molar-refractivity contribution in [3.63, 3.8) is 0 Å². The highest BCUT2D eigenvalue weighted by atomic mass is 19.4. The SMILES string of the molecule is CNC(c1cccc(C(F)(F)F)c1)c1nccnc1OC. The predicted molar refractivity (Wildman–Crippen MR) is 70.9 cm³/mol. The maximum absolute atomic E-state index is 12.8. The van der Waals surface area contributed by atoms with Crippen molar-refractivity contribution in [3.8, 4) is 5.88 Å². The van der Waals surface area contributed by atoms with Crippen molar-refractivity contribution in [2.45, 2.75) is 12.2 Å². The Labute approximate surface area is 120 Å². The largest absolute Gasteiger partial charge is 0.480 e. The molecule has 4 nitrogen and oxygen atoms in total. The van der Waals surface area contributed by atoms with Gasteiger partial charge in [0.1, 0.15) is 5.69 Å². The second-order valence-corrected chi connectivity index (χ2v) is 4.30. The van der Waals surface area contributed by atoms with Gasteiger partial charge in [-0.1, -0.05) is 12.1 Å². The lowest BCUT2D eigenvalue weighted by atomic mass is 10.0. The standard InChI is InChI=1S/C14H14F3N3O/c1-18-11(12-13(21-2)20-7-6-19-12)9-4-3-5-10(8-9)14(15,16)17/h3-8,11,18H,1-2H3. The number of hydrogen-bond donors (Lipinski definition) is 1. The first-order valence-electron chi connectivity index (χ1n) is 6.16. The monoisotopic (exact) mass is 297 g/mol. The van der Waals surface area contributed by atoms with Gasteiger partial charge in [0.25, 0.3) is 0 Å². The molecule has 1 N–H and O–H groups in total. The molecule has 0 fully saturated rings. The van der Waals surface area contributed by atoms with Gasteiger partial charge in [0.15, 0.2) is 0 Å². The van der Waals surface area contributed by atoms with Crippen LogP contribution in [0.15, 0.2) is 36.7 Å². The Morgan fingerprint density at radius 3 is 2.52 bits per heavy atom. The highest BCUT2D eigenvalue weighted by Crippen LogP contribution is 2.32. The maximum atomic E-state index is 12.8. The zero-order chi connectivity index (χ0) is 15.5. The first-order valence-corrected chi connectivity index (χ1v) is 6.16. The fraction of sp³-hybridized carbons (Fsp3) is 0.286. The fourth-order valence-corrected chi connectivity index (χ4v) is 2.05. The molecule has 1 unspecified atom stereocenters. The average Bonchev–Trinajstić information content (AvgIpc) is 2.48. The first-order chi connectivity index (χ1) is 9.97. The zero-order valence-electron chi connectivity index (χ0n) is 11.5. The number of nitrogens with one attached hydrogen (secondary N) is 1. The number of halogens is 3. The molecule has 0 bridgehead atoms. The minimum atomic E-state index is -4.39. The van der Waals surface area contributed by atoms with Gasteiger partial charge in [-0.25, -0.2) is 4.98 Å². The molecule has 2 rings (SSSR count). The smallest absolute Gasteiger partial charge is 0.416 e. The van der Waals surface area contributed by atoms with Crippen LogP contribution >= 0.6 is 0 Å². The second-order valence-electron chi connectivity index (χ2n) is 4.30. The Morgan fingerprint density at radius 2 is 1.90 bits per heavy atom. The Morgan fingerprint density at radius 1 is 1.19 bits per heavy atom. The Hall–Kier alpha value is -2.15. The van der Waals surface area contributed by atoms with E-state index >= 15 is 0 Å². The highest BCUT2D eigenvalue weighted by molar-refractivity contribution is 5.35. The molecule has 0 radical (unpaired) electrons. The number of rotatable bonds is 4. The number of aromatic nitrogens is 2. The summed E-state index contributed by atoms with van der Waals surface area (Å²) < 4.78 is 43.5. The Balaban J connectivity index is 2.47. The number of nitrogens with zero attached hydrogens (tertiary/aromatic N) is 2. The number of methoxy groups -OCH3 is 1. The van der Waals surface area contributed by atoms with Gasteiger partial charge in [-0.3, -0.25) is 4.98 Å². The number of alkyl halides is 3. The van der Waals surface area contributed by atoms with E-state index in [0.717, 1.165) is 12.1 Å². The van der Waals surface area contributed by atoms with Gasteiger partial charge in [-0.15, -0.1) is 0 Å². The van der Waals surface area contributed by atoms with E-state index in [9.17, 15) is 13.2 Å². The van der Waals surface area contributed by atoms with E-state index in [0.29, 0.717) is 11.3 Å². The van der Waals surface area contributed by atoms with E-state index in [1.165, 1.54) is 25.6 Å². The third-order valence-electron chi connectivity index (χ3n) is 2.99. The van der Waals surface area contributed by atoms with Crippen molar-refractivity contribution in [2.24, 2.45) is 0 Å². The predicted octanol–water partition coefficient (Wildman–Crippen LogP) is 2.81. The van der Waals surface area contributed by atoms with E-state index < -0.39 is 17.8 Å². The molecule has 0 amide bonds. The van der Waals surface area contributed by atoms with Crippen molar-refractivity contribution in [2.75, 3.05) is 14.2 Å². The summed E-state index contributed by atoms with van der Waals surface area (Å²) in [7, 11) is 3.07. The highest BCUT2D eigenvalue weighted by Gasteiger charge is 2.31. The number of hydrogen-bond acceptors (Lipinski definition) is 4. The summed E-state index contributed by atoms with van der Waals surface area (Å²) in [6.07, 6.45) is -1.46. The van der Waals surface area contributed by atoms with Crippen LogP contribution in [0.3, 0.4) is 0 Å². The Bertz CT molecular complexity index is 616. The van der Waals surface area contributed by atoms with Gasteiger partial charge < -0.3 is 10.1 Å². The van der Waals surface area contributed by atoms with Crippen LogP contribution in [-0.2, 0) is 6.18 Å². The summed E-state index contributed by atoms with van der Waals surface area (Å²) >= 11 is 0. The summed E-state index contributed by atoms with van der Waals surface area (Å²) in [4.78, 5) is 8.17. The van der Waals surface area contributed by atoms with Crippen molar-refractivity contribution in [1.29, 1.82) is 0 Å². The summed E-state index contributed by atoms with van der Waals surface area (Å²) in [5.41, 5.74) is 0.163. The van der Waals surface area contributed by atoms with E-state index in [1.807, 2.05) is 0 Å². The molecule has 0 aliphatic carbocycles. The Kier molecular flexibility index (Phi) is 4.42. The molecule has 0 spiro atoms. The molecule has 112 valence electrons. The molecule has 7 heteroatoms. The fourth-order valence-electron chi connectivity index (χ4n) is 2.05. The molecule has 1 aromatic heterocycles. The van der Waals surface area contributed by atoms with Crippen LogP contribution in [0.4, 0.5) is 13.2 Å². The molecule has 1 heterocycles. The van der Waals surface area contributed by atoms with Crippen molar-refractivity contribution >= 4 is 0 Å². The summed E-state index contributed by atoms with van der Waals surface area (Å²) in [5.74, 6) is 0.272. The van der Waals surface area contributed by atoms with Gasteiger partial charge in [0.2, 0.25) is 5.88 Å². The van der Waals surface area contributed by atoms with E-state index in [1.54, 1.807) is 13.1 Å². The first kappa shape index (κ1) is 15.2. The molecule has 21 heavy (non-hydrogen) atoms. The average molecular weight is 297 g/mol. The third kappa shape index (κ3) is 3.30. The van der Waals surface area contributed by atoms with Gasteiger partial charge in [0, 0.05) is 12.4 Å². The minimum absolute atomic E-state index is 0.272. The summed E-state index contributed by atoms with van der Waals surface area (Å²) in [6, 6.07) is 4.55. The maximum Gasteiger partial charge on any atom is 0.416 e. The molecule has 0 aliphatic rings. The van der Waals surface area contributed by atoms with Crippen molar-refractivity contribution < 1.29 is 17.9 Å². The molecule has 0 saturated carbocycles. The van der Waals surface area contributed by atoms with Crippen molar-refractivity contribution in [3.05, 3.63) is 53.5 Å². The lowest BCUT2D eigenvalue weighted by Crippen LogP contribution is -2.20. The zero-order valence-corrected chi connectivity index (χ0v) is 11.5. The summed E-state index contributed by atoms with van der Waals surface area (Å²) in [5, 5.41) is 2.94. The summed E-state index contributed by atoms with van der Waals surface area (Å²) in [6.45, 7) is 0. The lowest BCUT2D eigenvalue weighted by Gasteiger charge is -2.19. The molecular formula is C14H14F3N3O. The van der Waals surface area contributed by atoms with Crippen molar-refractivity contribution in [1.82, 2.24) is 15.3 Å². The number of benzene rings is 1. The quantitative estimate of drug-likeness (QED) is 0.942. The van der Waals surface area contributed by atoms with E-state index in [-0.39, 0.29) is 5.88 Å². The van der Waals surface area contributed by atoms with E-state index in [2.05, 4.69) is 15.3 Å². The van der Waals surface area contributed by atoms with Gasteiger partial charge in [-0.05, 0) is 24.7 Å². The molecule has 0 aliphatic heterocycles. The molecule has 1 atom stereocenters. The van der Waals surface area contributed by atoms with E-state index in [4.69, 9.17) is 4.74 Å². The minimum Gasteiger partial charge on any atom is -0.480 e. The van der Waals surface area contributed by atoms with Crippen LogP contribution in [0.1, 0.15) is 22.9 Å². The van der Waals surface area contributed by atoms with Crippen LogP contribution in [-0.4, -0.2) is 24.1 Å². The van der Waals surface area contributed by atoms with Gasteiger partial charge in [-0.2, -0.15) is 13.2 Å². The molecule has 1 aromatic carbocycles. The topological polar surface area (TPSA) is 47.0 Å².